The number of hydroxylamine groups is 1. The fourth-order valence-electron chi connectivity index (χ4n) is 1.60. The first-order valence-electron chi connectivity index (χ1n) is 4.78. The van der Waals surface area contributed by atoms with Crippen LogP contribution < -0.4 is 16.5 Å². The molecule has 0 aliphatic carbocycles. The molecule has 1 heterocycles. The number of carbonyl (C=O) groups is 1. The number of nitrogen functional groups attached to an aromatic ring is 1. The molecular formula is C10H13N3O2. The van der Waals surface area contributed by atoms with Gasteiger partial charge in [0.25, 0.3) is 5.91 Å². The van der Waals surface area contributed by atoms with Gasteiger partial charge in [-0.15, -0.1) is 0 Å². The van der Waals surface area contributed by atoms with Crippen molar-refractivity contribution in [2.75, 3.05) is 23.9 Å². The van der Waals surface area contributed by atoms with E-state index < -0.39 is 5.91 Å². The van der Waals surface area contributed by atoms with E-state index in [0.717, 1.165) is 13.0 Å². The van der Waals surface area contributed by atoms with E-state index in [1.165, 1.54) is 0 Å². The lowest BCUT2D eigenvalue weighted by atomic mass is 10.1. The highest BCUT2D eigenvalue weighted by atomic mass is 16.7. The van der Waals surface area contributed by atoms with Crippen LogP contribution in [0, 0.1) is 0 Å². The van der Waals surface area contributed by atoms with Crippen LogP contribution in [0.15, 0.2) is 18.2 Å². The standard InChI is InChI=1S/C10H13N3O2/c11-7-2-3-8(10(12)14)9(6-7)13-4-1-5-15-13/h2-3,6H,1,4-5,11H2,(H2,12,14). The fraction of sp³-hybridized carbons (Fsp3) is 0.300. The van der Waals surface area contributed by atoms with E-state index in [2.05, 4.69) is 0 Å². The van der Waals surface area contributed by atoms with Crippen molar-refractivity contribution < 1.29 is 9.63 Å². The lowest BCUT2D eigenvalue weighted by Gasteiger charge is -2.18. The van der Waals surface area contributed by atoms with Crippen molar-refractivity contribution in [3.63, 3.8) is 0 Å². The maximum absolute atomic E-state index is 11.2. The van der Waals surface area contributed by atoms with Gasteiger partial charge in [0.05, 0.1) is 17.9 Å². The topological polar surface area (TPSA) is 81.6 Å². The second-order valence-corrected chi connectivity index (χ2v) is 3.43. The second kappa shape index (κ2) is 3.78. The predicted octanol–water partition coefficient (Wildman–Crippen LogP) is 0.509. The fourth-order valence-corrected chi connectivity index (χ4v) is 1.60. The number of carbonyl (C=O) groups excluding carboxylic acids is 1. The van der Waals surface area contributed by atoms with Crippen LogP contribution in [-0.2, 0) is 4.84 Å². The Morgan fingerprint density at radius 3 is 2.87 bits per heavy atom. The van der Waals surface area contributed by atoms with Gasteiger partial charge in [-0.25, -0.2) is 0 Å². The summed E-state index contributed by atoms with van der Waals surface area (Å²) in [7, 11) is 0. The Hall–Kier alpha value is -1.75. The van der Waals surface area contributed by atoms with Crippen molar-refractivity contribution >= 4 is 17.3 Å². The molecule has 5 nitrogen and oxygen atoms in total. The van der Waals surface area contributed by atoms with Gasteiger partial charge in [0.15, 0.2) is 0 Å². The van der Waals surface area contributed by atoms with Crippen LogP contribution in [0.2, 0.25) is 0 Å². The molecule has 0 unspecified atom stereocenters. The monoisotopic (exact) mass is 207 g/mol. The molecular weight excluding hydrogens is 194 g/mol. The van der Waals surface area contributed by atoms with Crippen molar-refractivity contribution in [1.82, 2.24) is 0 Å². The normalized spacial score (nSPS) is 15.6. The summed E-state index contributed by atoms with van der Waals surface area (Å²) in [5.41, 5.74) is 12.6. The molecule has 0 spiro atoms. The highest BCUT2D eigenvalue weighted by molar-refractivity contribution is 5.99. The third kappa shape index (κ3) is 1.87. The number of nitrogens with two attached hydrogens (primary N) is 2. The van der Waals surface area contributed by atoms with Crippen LogP contribution in [0.5, 0.6) is 0 Å². The SMILES string of the molecule is NC(=O)c1ccc(N)cc1N1CCCO1. The first-order valence-corrected chi connectivity index (χ1v) is 4.78. The molecule has 2 rings (SSSR count). The van der Waals surface area contributed by atoms with Gasteiger partial charge >= 0.3 is 0 Å². The van der Waals surface area contributed by atoms with E-state index >= 15 is 0 Å². The molecule has 0 atom stereocenters. The molecule has 1 saturated heterocycles. The second-order valence-electron chi connectivity index (χ2n) is 3.43. The summed E-state index contributed by atoms with van der Waals surface area (Å²) < 4.78 is 0. The number of benzene rings is 1. The van der Waals surface area contributed by atoms with Gasteiger partial charge in [-0.05, 0) is 24.6 Å². The molecule has 5 heteroatoms. The number of rotatable bonds is 2. The van der Waals surface area contributed by atoms with E-state index in [1.807, 2.05) is 0 Å². The largest absolute Gasteiger partial charge is 0.399 e. The first kappa shape index (κ1) is 9.79. The van der Waals surface area contributed by atoms with Gasteiger partial charge in [0, 0.05) is 12.2 Å². The third-order valence-corrected chi connectivity index (χ3v) is 2.31. The van der Waals surface area contributed by atoms with Gasteiger partial charge < -0.3 is 11.5 Å². The molecule has 1 fully saturated rings. The van der Waals surface area contributed by atoms with Crippen LogP contribution in [0.1, 0.15) is 16.8 Å². The number of primary amides is 1. The molecule has 0 radical (unpaired) electrons. The maximum Gasteiger partial charge on any atom is 0.250 e. The third-order valence-electron chi connectivity index (χ3n) is 2.31. The zero-order valence-electron chi connectivity index (χ0n) is 8.27. The minimum atomic E-state index is -0.472. The van der Waals surface area contributed by atoms with Gasteiger partial charge in [-0.3, -0.25) is 14.7 Å². The smallest absolute Gasteiger partial charge is 0.250 e. The number of amides is 1. The average molecular weight is 207 g/mol. The lowest BCUT2D eigenvalue weighted by molar-refractivity contribution is 0.0997. The van der Waals surface area contributed by atoms with Gasteiger partial charge in [0.1, 0.15) is 0 Å². The van der Waals surface area contributed by atoms with Crippen LogP contribution >= 0.6 is 0 Å². The molecule has 0 saturated carbocycles. The Morgan fingerprint density at radius 1 is 1.47 bits per heavy atom. The summed E-state index contributed by atoms with van der Waals surface area (Å²) in [4.78, 5) is 16.5. The predicted molar refractivity (Wildman–Crippen MR) is 57.3 cm³/mol. The maximum atomic E-state index is 11.2. The molecule has 80 valence electrons. The summed E-state index contributed by atoms with van der Waals surface area (Å²) in [5.74, 6) is -0.472. The van der Waals surface area contributed by atoms with E-state index in [4.69, 9.17) is 16.3 Å². The highest BCUT2D eigenvalue weighted by Gasteiger charge is 2.19. The van der Waals surface area contributed by atoms with E-state index in [9.17, 15) is 4.79 Å². The van der Waals surface area contributed by atoms with E-state index in [1.54, 1.807) is 23.3 Å². The minimum Gasteiger partial charge on any atom is -0.399 e. The summed E-state index contributed by atoms with van der Waals surface area (Å²) in [6, 6.07) is 4.97. The van der Waals surface area contributed by atoms with Gasteiger partial charge in [-0.1, -0.05) is 0 Å². The molecule has 1 aromatic carbocycles. The van der Waals surface area contributed by atoms with Crippen LogP contribution in [-0.4, -0.2) is 19.1 Å². The average Bonchev–Trinajstić information content (AvgIpc) is 2.69. The minimum absolute atomic E-state index is 0.436. The number of hydrogen-bond donors (Lipinski definition) is 2. The van der Waals surface area contributed by atoms with Crippen molar-refractivity contribution in [1.29, 1.82) is 0 Å². The number of nitrogens with zero attached hydrogens (tertiary/aromatic N) is 1. The van der Waals surface area contributed by atoms with Crippen molar-refractivity contribution in [3.05, 3.63) is 23.8 Å². The van der Waals surface area contributed by atoms with E-state index in [-0.39, 0.29) is 0 Å². The Morgan fingerprint density at radius 2 is 2.27 bits per heavy atom. The molecule has 0 bridgehead atoms. The number of anilines is 2. The Balaban J connectivity index is 2.41. The van der Waals surface area contributed by atoms with Crippen LogP contribution in [0.3, 0.4) is 0 Å². The zero-order chi connectivity index (χ0) is 10.8. The quantitative estimate of drug-likeness (QED) is 0.692. The zero-order valence-corrected chi connectivity index (χ0v) is 8.27. The van der Waals surface area contributed by atoms with Crippen LogP contribution in [0.4, 0.5) is 11.4 Å². The summed E-state index contributed by atoms with van der Waals surface area (Å²) in [5, 5.41) is 1.66. The summed E-state index contributed by atoms with van der Waals surface area (Å²) in [6.07, 6.45) is 0.938. The van der Waals surface area contributed by atoms with Crippen molar-refractivity contribution in [2.24, 2.45) is 5.73 Å². The van der Waals surface area contributed by atoms with Crippen molar-refractivity contribution in [3.8, 4) is 0 Å². The Kier molecular flexibility index (Phi) is 2.47. The molecule has 4 N–H and O–H groups in total. The Labute approximate surface area is 87.6 Å². The molecule has 15 heavy (non-hydrogen) atoms. The summed E-state index contributed by atoms with van der Waals surface area (Å²) >= 11 is 0. The highest BCUT2D eigenvalue weighted by Crippen LogP contribution is 2.25. The molecule has 1 aliphatic heterocycles. The molecule has 1 aromatic rings. The van der Waals surface area contributed by atoms with Gasteiger partial charge in [-0.2, -0.15) is 0 Å². The summed E-state index contributed by atoms with van der Waals surface area (Å²) in [6.45, 7) is 1.41. The molecule has 1 aliphatic rings. The van der Waals surface area contributed by atoms with Crippen LogP contribution in [0.25, 0.3) is 0 Å². The molecule has 1 amide bonds. The number of hydrogen-bond acceptors (Lipinski definition) is 4. The van der Waals surface area contributed by atoms with Crippen molar-refractivity contribution in [2.45, 2.75) is 6.42 Å². The van der Waals surface area contributed by atoms with E-state index in [0.29, 0.717) is 23.5 Å². The molecule has 0 aromatic heterocycles. The van der Waals surface area contributed by atoms with Gasteiger partial charge in [0.2, 0.25) is 0 Å². The lowest BCUT2D eigenvalue weighted by Crippen LogP contribution is -2.22. The Bertz CT molecular complexity index is 386. The first-order chi connectivity index (χ1) is 7.18.